The second-order valence-corrected chi connectivity index (χ2v) is 8.05. The zero-order valence-electron chi connectivity index (χ0n) is 13.8. The third-order valence-corrected chi connectivity index (χ3v) is 6.27. The summed E-state index contributed by atoms with van der Waals surface area (Å²) in [6.07, 6.45) is 0.884. The summed E-state index contributed by atoms with van der Waals surface area (Å²) in [7, 11) is -1.68. The molecule has 1 aromatic carbocycles. The molecule has 7 nitrogen and oxygen atoms in total. The minimum absolute atomic E-state index is 0.0531. The topological polar surface area (TPSA) is 95.0 Å². The molecule has 1 aliphatic heterocycles. The van der Waals surface area contributed by atoms with E-state index in [0.29, 0.717) is 31.6 Å². The number of hydrogen-bond acceptors (Lipinski definition) is 4. The number of para-hydroxylation sites is 1. The maximum absolute atomic E-state index is 12.7. The third-order valence-electron chi connectivity index (χ3n) is 4.39. The maximum atomic E-state index is 12.7. The van der Waals surface area contributed by atoms with E-state index in [-0.39, 0.29) is 23.1 Å². The van der Waals surface area contributed by atoms with Crippen LogP contribution in [-0.2, 0) is 14.8 Å². The fourth-order valence-electron chi connectivity index (χ4n) is 2.90. The predicted octanol–water partition coefficient (Wildman–Crippen LogP) is 1.41. The number of nitrogens with zero attached hydrogens (tertiary/aromatic N) is 2. The van der Waals surface area contributed by atoms with Crippen LogP contribution in [0.2, 0.25) is 0 Å². The fourth-order valence-corrected chi connectivity index (χ4v) is 4.04. The molecule has 0 radical (unpaired) electrons. The van der Waals surface area contributed by atoms with Gasteiger partial charge in [0.05, 0.1) is 17.0 Å². The van der Waals surface area contributed by atoms with Crippen LogP contribution in [0.25, 0.3) is 0 Å². The van der Waals surface area contributed by atoms with E-state index in [1.807, 2.05) is 0 Å². The highest BCUT2D eigenvalue weighted by molar-refractivity contribution is 7.89. The zero-order valence-corrected chi connectivity index (χ0v) is 14.6. The molecule has 1 amide bonds. The van der Waals surface area contributed by atoms with E-state index < -0.39 is 16.0 Å². The van der Waals surface area contributed by atoms with Crippen LogP contribution in [0.1, 0.15) is 30.1 Å². The van der Waals surface area contributed by atoms with Gasteiger partial charge in [-0.3, -0.25) is 4.79 Å². The van der Waals surface area contributed by atoms with E-state index in [2.05, 4.69) is 0 Å². The number of anilines is 1. The van der Waals surface area contributed by atoms with Gasteiger partial charge in [0.15, 0.2) is 0 Å². The Morgan fingerprint density at radius 2 is 1.83 bits per heavy atom. The number of rotatable bonds is 5. The first-order chi connectivity index (χ1) is 11.3. The molecular weight excluding hydrogens is 332 g/mol. The van der Waals surface area contributed by atoms with E-state index in [9.17, 15) is 23.1 Å². The molecule has 8 heteroatoms. The molecule has 0 aromatic heterocycles. The highest BCUT2D eigenvalue weighted by Crippen LogP contribution is 2.26. The molecule has 1 aromatic rings. The Morgan fingerprint density at radius 1 is 1.25 bits per heavy atom. The number of carboxylic acids is 1. The summed E-state index contributed by atoms with van der Waals surface area (Å²) >= 11 is 0. The SMILES string of the molecule is CCS(=O)(=O)N1CCC(C(=O)N(C)c2ccccc2C(=O)O)CC1. The summed E-state index contributed by atoms with van der Waals surface area (Å²) in [5.41, 5.74) is 0.415. The normalized spacial score (nSPS) is 16.8. The summed E-state index contributed by atoms with van der Waals surface area (Å²) in [6.45, 7) is 2.24. The average Bonchev–Trinajstić information content (AvgIpc) is 2.60. The molecule has 1 saturated heterocycles. The quantitative estimate of drug-likeness (QED) is 0.863. The zero-order chi connectivity index (χ0) is 17.9. The van der Waals surface area contributed by atoms with Gasteiger partial charge in [0.2, 0.25) is 15.9 Å². The monoisotopic (exact) mass is 354 g/mol. The van der Waals surface area contributed by atoms with Gasteiger partial charge >= 0.3 is 5.97 Å². The second kappa shape index (κ2) is 7.31. The largest absolute Gasteiger partial charge is 0.478 e. The predicted molar refractivity (Wildman–Crippen MR) is 90.6 cm³/mol. The van der Waals surface area contributed by atoms with Crippen LogP contribution in [0.15, 0.2) is 24.3 Å². The molecule has 1 aliphatic rings. The van der Waals surface area contributed by atoms with Gasteiger partial charge in [-0.15, -0.1) is 0 Å². The van der Waals surface area contributed by atoms with Crippen LogP contribution in [-0.4, -0.2) is 55.6 Å². The van der Waals surface area contributed by atoms with Crippen molar-refractivity contribution in [2.45, 2.75) is 19.8 Å². The van der Waals surface area contributed by atoms with E-state index >= 15 is 0 Å². The van der Waals surface area contributed by atoms with Gasteiger partial charge in [0.25, 0.3) is 0 Å². The third kappa shape index (κ3) is 3.76. The highest BCUT2D eigenvalue weighted by Gasteiger charge is 2.32. The summed E-state index contributed by atoms with van der Waals surface area (Å²) < 4.78 is 25.2. The number of carbonyl (C=O) groups excluding carboxylic acids is 1. The molecule has 0 unspecified atom stereocenters. The van der Waals surface area contributed by atoms with Gasteiger partial charge in [-0.1, -0.05) is 12.1 Å². The van der Waals surface area contributed by atoms with Crippen molar-refractivity contribution in [1.82, 2.24) is 4.31 Å². The first-order valence-electron chi connectivity index (χ1n) is 7.85. The smallest absolute Gasteiger partial charge is 0.337 e. The molecule has 24 heavy (non-hydrogen) atoms. The number of carboxylic acid groups (broad SMARTS) is 1. The van der Waals surface area contributed by atoms with Crippen LogP contribution in [0.4, 0.5) is 5.69 Å². The molecule has 2 rings (SSSR count). The number of benzene rings is 1. The molecular formula is C16H22N2O5S. The van der Waals surface area contributed by atoms with Crippen LogP contribution in [0.3, 0.4) is 0 Å². The number of piperidine rings is 1. The lowest BCUT2D eigenvalue weighted by molar-refractivity contribution is -0.123. The van der Waals surface area contributed by atoms with Crippen molar-refractivity contribution in [3.8, 4) is 0 Å². The molecule has 0 spiro atoms. The maximum Gasteiger partial charge on any atom is 0.337 e. The summed E-state index contributed by atoms with van der Waals surface area (Å²) in [5, 5.41) is 9.25. The average molecular weight is 354 g/mol. The molecule has 1 N–H and O–H groups in total. The molecule has 0 saturated carbocycles. The standard InChI is InChI=1S/C16H22N2O5S/c1-3-24(22,23)18-10-8-12(9-11-18)15(19)17(2)14-7-5-4-6-13(14)16(20)21/h4-7,12H,3,8-11H2,1-2H3,(H,20,21). The minimum Gasteiger partial charge on any atom is -0.478 e. The first-order valence-corrected chi connectivity index (χ1v) is 9.46. The van der Waals surface area contributed by atoms with Gasteiger partial charge in [-0.2, -0.15) is 0 Å². The lowest BCUT2D eigenvalue weighted by Crippen LogP contribution is -2.44. The first kappa shape index (κ1) is 18.4. The van der Waals surface area contributed by atoms with Crippen LogP contribution < -0.4 is 4.90 Å². The van der Waals surface area contributed by atoms with Crippen molar-refractivity contribution in [3.05, 3.63) is 29.8 Å². The Bertz CT molecular complexity index is 724. The molecule has 1 heterocycles. The van der Waals surface area contributed by atoms with Gasteiger partial charge < -0.3 is 10.0 Å². The van der Waals surface area contributed by atoms with Gasteiger partial charge in [0, 0.05) is 26.1 Å². The van der Waals surface area contributed by atoms with Crippen LogP contribution in [0.5, 0.6) is 0 Å². The van der Waals surface area contributed by atoms with E-state index in [1.54, 1.807) is 32.2 Å². The molecule has 132 valence electrons. The number of hydrogen-bond donors (Lipinski definition) is 1. The Hall–Kier alpha value is -1.93. The number of sulfonamides is 1. The Morgan fingerprint density at radius 3 is 2.38 bits per heavy atom. The van der Waals surface area contributed by atoms with Gasteiger partial charge in [0.1, 0.15) is 0 Å². The van der Waals surface area contributed by atoms with Crippen molar-refractivity contribution in [3.63, 3.8) is 0 Å². The van der Waals surface area contributed by atoms with Crippen molar-refractivity contribution < 1.29 is 23.1 Å². The van der Waals surface area contributed by atoms with Crippen molar-refractivity contribution in [2.75, 3.05) is 30.8 Å². The molecule has 0 bridgehead atoms. The summed E-state index contributed by atoms with van der Waals surface area (Å²) in [5.74, 6) is -1.52. The summed E-state index contributed by atoms with van der Waals surface area (Å²) in [6, 6.07) is 6.34. The molecule has 1 fully saturated rings. The second-order valence-electron chi connectivity index (χ2n) is 5.79. The van der Waals surface area contributed by atoms with E-state index in [4.69, 9.17) is 0 Å². The Kier molecular flexibility index (Phi) is 5.61. The number of carbonyl (C=O) groups is 2. The minimum atomic E-state index is -3.23. The Labute approximate surface area is 141 Å². The van der Waals surface area contributed by atoms with E-state index in [0.717, 1.165) is 0 Å². The number of amides is 1. The lowest BCUT2D eigenvalue weighted by atomic mass is 9.96. The van der Waals surface area contributed by atoms with Gasteiger partial charge in [-0.25, -0.2) is 17.5 Å². The molecule has 0 aliphatic carbocycles. The Balaban J connectivity index is 2.10. The van der Waals surface area contributed by atoms with Gasteiger partial charge in [-0.05, 0) is 31.9 Å². The number of aromatic carboxylic acids is 1. The highest BCUT2D eigenvalue weighted by atomic mass is 32.2. The van der Waals surface area contributed by atoms with E-state index in [1.165, 1.54) is 15.3 Å². The fraction of sp³-hybridized carbons (Fsp3) is 0.500. The summed E-state index contributed by atoms with van der Waals surface area (Å²) in [4.78, 5) is 25.3. The van der Waals surface area contributed by atoms with Crippen molar-refractivity contribution in [2.24, 2.45) is 5.92 Å². The lowest BCUT2D eigenvalue weighted by Gasteiger charge is -2.32. The van der Waals surface area contributed by atoms with Crippen LogP contribution in [0, 0.1) is 5.92 Å². The van der Waals surface area contributed by atoms with Crippen molar-refractivity contribution in [1.29, 1.82) is 0 Å². The van der Waals surface area contributed by atoms with Crippen molar-refractivity contribution >= 4 is 27.6 Å². The molecule has 0 atom stereocenters. The van der Waals surface area contributed by atoms with Crippen LogP contribution >= 0.6 is 0 Å².